The lowest BCUT2D eigenvalue weighted by Crippen LogP contribution is -2.31. The molecule has 0 spiro atoms. The molecule has 0 bridgehead atoms. The Labute approximate surface area is 136 Å². The van der Waals surface area contributed by atoms with Gasteiger partial charge in [-0.1, -0.05) is 48.0 Å². The first-order chi connectivity index (χ1) is 10.9. The largest absolute Gasteiger partial charge is 0.325 e. The van der Waals surface area contributed by atoms with Gasteiger partial charge in [0.1, 0.15) is 0 Å². The molecule has 0 aromatic heterocycles. The van der Waals surface area contributed by atoms with Gasteiger partial charge in [-0.05, 0) is 30.7 Å². The third-order valence-electron chi connectivity index (χ3n) is 3.01. The van der Waals surface area contributed by atoms with Gasteiger partial charge < -0.3 is 5.32 Å². The zero-order chi connectivity index (χ0) is 16.7. The van der Waals surface area contributed by atoms with Crippen LogP contribution in [-0.4, -0.2) is 20.9 Å². The summed E-state index contributed by atoms with van der Waals surface area (Å²) in [5.74, 6) is -0.425. The summed E-state index contributed by atoms with van der Waals surface area (Å²) in [6.45, 7) is 1.62. The molecular formula is C17H18N2O3S. The van der Waals surface area contributed by atoms with Crippen molar-refractivity contribution in [2.75, 3.05) is 11.9 Å². The number of hydrogen-bond acceptors (Lipinski definition) is 3. The summed E-state index contributed by atoms with van der Waals surface area (Å²) in [6, 6.07) is 16.3. The van der Waals surface area contributed by atoms with Crippen LogP contribution in [0.25, 0.3) is 6.08 Å². The first-order valence-electron chi connectivity index (χ1n) is 7.04. The maximum Gasteiger partial charge on any atom is 0.239 e. The van der Waals surface area contributed by atoms with Gasteiger partial charge in [0.15, 0.2) is 0 Å². The monoisotopic (exact) mass is 330 g/mol. The normalized spacial score (nSPS) is 11.5. The predicted octanol–water partition coefficient (Wildman–Crippen LogP) is 2.52. The van der Waals surface area contributed by atoms with Crippen molar-refractivity contribution in [3.8, 4) is 0 Å². The summed E-state index contributed by atoms with van der Waals surface area (Å²) < 4.78 is 25.9. The van der Waals surface area contributed by atoms with Crippen LogP contribution in [0, 0.1) is 6.92 Å². The molecule has 0 aliphatic rings. The first-order valence-corrected chi connectivity index (χ1v) is 8.58. The molecule has 120 valence electrons. The van der Waals surface area contributed by atoms with Crippen LogP contribution in [0.3, 0.4) is 0 Å². The van der Waals surface area contributed by atoms with E-state index in [9.17, 15) is 13.2 Å². The van der Waals surface area contributed by atoms with Gasteiger partial charge in [0.05, 0.1) is 6.54 Å². The third-order valence-corrected chi connectivity index (χ3v) is 4.05. The number of carbonyl (C=O) groups excluding carboxylic acids is 1. The second-order valence-corrected chi connectivity index (χ2v) is 6.64. The first kappa shape index (κ1) is 16.9. The molecule has 0 fully saturated rings. The Kier molecular flexibility index (Phi) is 5.67. The molecule has 1 amide bonds. The van der Waals surface area contributed by atoms with E-state index in [1.807, 2.05) is 37.3 Å². The van der Waals surface area contributed by atoms with Crippen molar-refractivity contribution in [1.29, 1.82) is 0 Å². The quantitative estimate of drug-likeness (QED) is 0.854. The third kappa shape index (κ3) is 6.06. The molecule has 0 aliphatic carbocycles. The standard InChI is InChI=1S/C17H18N2O3S/c1-14-7-9-16(10-8-14)19-17(20)13-18-23(21,22)12-11-15-5-3-2-4-6-15/h2-12,18H,13H2,1H3,(H,19,20)/b12-11+. The summed E-state index contributed by atoms with van der Waals surface area (Å²) in [5.41, 5.74) is 2.47. The molecule has 2 rings (SSSR count). The van der Waals surface area contributed by atoms with Crippen LogP contribution in [0.1, 0.15) is 11.1 Å². The van der Waals surface area contributed by atoms with E-state index >= 15 is 0 Å². The molecule has 2 aromatic carbocycles. The summed E-state index contributed by atoms with van der Waals surface area (Å²) in [7, 11) is -3.67. The summed E-state index contributed by atoms with van der Waals surface area (Å²) in [4.78, 5) is 11.8. The molecule has 6 heteroatoms. The molecule has 23 heavy (non-hydrogen) atoms. The van der Waals surface area contributed by atoms with E-state index in [2.05, 4.69) is 10.0 Å². The van der Waals surface area contributed by atoms with Crippen LogP contribution >= 0.6 is 0 Å². The fourth-order valence-corrected chi connectivity index (χ4v) is 2.55. The Hall–Kier alpha value is -2.44. The van der Waals surface area contributed by atoms with E-state index in [4.69, 9.17) is 0 Å². The number of aryl methyl sites for hydroxylation is 1. The lowest BCUT2D eigenvalue weighted by Gasteiger charge is -2.06. The number of rotatable bonds is 6. The number of nitrogens with one attached hydrogen (secondary N) is 2. The molecule has 0 radical (unpaired) electrons. The van der Waals surface area contributed by atoms with Gasteiger partial charge in [0.25, 0.3) is 0 Å². The Bertz CT molecular complexity index is 782. The van der Waals surface area contributed by atoms with Crippen molar-refractivity contribution in [3.63, 3.8) is 0 Å². The van der Waals surface area contributed by atoms with Crippen LogP contribution in [-0.2, 0) is 14.8 Å². The van der Waals surface area contributed by atoms with Gasteiger partial charge in [0.2, 0.25) is 15.9 Å². The molecule has 0 unspecified atom stereocenters. The molecule has 0 saturated carbocycles. The minimum atomic E-state index is -3.67. The van der Waals surface area contributed by atoms with Crippen molar-refractivity contribution in [3.05, 3.63) is 71.1 Å². The number of sulfonamides is 1. The van der Waals surface area contributed by atoms with Crippen molar-refractivity contribution in [1.82, 2.24) is 4.72 Å². The second kappa shape index (κ2) is 7.71. The molecule has 0 aliphatic heterocycles. The lowest BCUT2D eigenvalue weighted by atomic mass is 10.2. The minimum absolute atomic E-state index is 0.324. The maximum atomic E-state index is 11.8. The molecule has 0 saturated heterocycles. The van der Waals surface area contributed by atoms with Crippen molar-refractivity contribution in [2.45, 2.75) is 6.92 Å². The Balaban J connectivity index is 1.87. The topological polar surface area (TPSA) is 75.3 Å². The summed E-state index contributed by atoms with van der Waals surface area (Å²) >= 11 is 0. The fraction of sp³-hybridized carbons (Fsp3) is 0.118. The van der Waals surface area contributed by atoms with Crippen molar-refractivity contribution in [2.24, 2.45) is 0 Å². The average Bonchev–Trinajstić information content (AvgIpc) is 2.55. The fourth-order valence-electron chi connectivity index (χ4n) is 1.79. The molecule has 5 nitrogen and oxygen atoms in total. The summed E-state index contributed by atoms with van der Waals surface area (Å²) in [6.07, 6.45) is 1.47. The number of anilines is 1. The molecule has 0 heterocycles. The zero-order valence-corrected chi connectivity index (χ0v) is 13.5. The number of carbonyl (C=O) groups is 1. The van der Waals surface area contributed by atoms with E-state index in [1.54, 1.807) is 24.3 Å². The number of benzene rings is 2. The lowest BCUT2D eigenvalue weighted by molar-refractivity contribution is -0.115. The number of amides is 1. The average molecular weight is 330 g/mol. The van der Waals surface area contributed by atoms with Crippen LogP contribution in [0.2, 0.25) is 0 Å². The van der Waals surface area contributed by atoms with Crippen LogP contribution in [0.4, 0.5) is 5.69 Å². The van der Waals surface area contributed by atoms with Crippen molar-refractivity contribution >= 4 is 27.7 Å². The van der Waals surface area contributed by atoms with E-state index in [1.165, 1.54) is 6.08 Å². The minimum Gasteiger partial charge on any atom is -0.325 e. The van der Waals surface area contributed by atoms with Gasteiger partial charge in [-0.25, -0.2) is 13.1 Å². The van der Waals surface area contributed by atoms with E-state index in [0.29, 0.717) is 5.69 Å². The van der Waals surface area contributed by atoms with Gasteiger partial charge in [-0.15, -0.1) is 0 Å². The van der Waals surface area contributed by atoms with Crippen LogP contribution < -0.4 is 10.0 Å². The predicted molar refractivity (Wildman–Crippen MR) is 92.2 cm³/mol. The smallest absolute Gasteiger partial charge is 0.239 e. The van der Waals surface area contributed by atoms with E-state index in [-0.39, 0.29) is 6.54 Å². The van der Waals surface area contributed by atoms with Crippen LogP contribution in [0.15, 0.2) is 60.0 Å². The Morgan fingerprint density at radius 3 is 2.35 bits per heavy atom. The highest BCUT2D eigenvalue weighted by molar-refractivity contribution is 7.92. The van der Waals surface area contributed by atoms with Gasteiger partial charge >= 0.3 is 0 Å². The second-order valence-electron chi connectivity index (χ2n) is 4.99. The zero-order valence-electron chi connectivity index (χ0n) is 12.7. The summed E-state index contributed by atoms with van der Waals surface area (Å²) in [5, 5.41) is 3.67. The highest BCUT2D eigenvalue weighted by Crippen LogP contribution is 2.08. The van der Waals surface area contributed by atoms with Crippen LogP contribution in [0.5, 0.6) is 0 Å². The van der Waals surface area contributed by atoms with Gasteiger partial charge in [-0.2, -0.15) is 0 Å². The van der Waals surface area contributed by atoms with Crippen molar-refractivity contribution < 1.29 is 13.2 Å². The highest BCUT2D eigenvalue weighted by atomic mass is 32.2. The highest BCUT2D eigenvalue weighted by Gasteiger charge is 2.09. The van der Waals surface area contributed by atoms with Gasteiger partial charge in [-0.3, -0.25) is 4.79 Å². The molecular weight excluding hydrogens is 312 g/mol. The Morgan fingerprint density at radius 1 is 1.04 bits per heavy atom. The Morgan fingerprint density at radius 2 is 1.70 bits per heavy atom. The number of hydrogen-bond donors (Lipinski definition) is 2. The SMILES string of the molecule is Cc1ccc(NC(=O)CNS(=O)(=O)/C=C/c2ccccc2)cc1. The maximum absolute atomic E-state index is 11.8. The van der Waals surface area contributed by atoms with E-state index in [0.717, 1.165) is 16.5 Å². The van der Waals surface area contributed by atoms with Gasteiger partial charge in [0, 0.05) is 11.1 Å². The molecule has 2 N–H and O–H groups in total. The molecule has 2 aromatic rings. The van der Waals surface area contributed by atoms with E-state index < -0.39 is 15.9 Å². The molecule has 0 atom stereocenters.